The molecule has 136 valence electrons. The monoisotopic (exact) mass is 374 g/mol. The van der Waals surface area contributed by atoms with Crippen LogP contribution in [0.4, 0.5) is 10.1 Å². The number of hydrogen-bond donors (Lipinski definition) is 2. The predicted octanol–water partition coefficient (Wildman–Crippen LogP) is 2.89. The van der Waals surface area contributed by atoms with Gasteiger partial charge in [0.1, 0.15) is 5.82 Å². The van der Waals surface area contributed by atoms with Crippen LogP contribution in [0.15, 0.2) is 30.3 Å². The number of carbonyl (C=O) groups is 1. The topological polar surface area (TPSA) is 75.3 Å². The fourth-order valence-electron chi connectivity index (χ4n) is 3.91. The van der Waals surface area contributed by atoms with E-state index in [1.54, 1.807) is 0 Å². The summed E-state index contributed by atoms with van der Waals surface area (Å²) in [7, 11) is -4.11. The van der Waals surface area contributed by atoms with Crippen LogP contribution in [-0.2, 0) is 35.9 Å². The van der Waals surface area contributed by atoms with Crippen LogP contribution in [0.5, 0.6) is 0 Å². The highest BCUT2D eigenvalue weighted by atomic mass is 32.2. The van der Waals surface area contributed by atoms with Gasteiger partial charge in [-0.25, -0.2) is 9.11 Å². The number of hydrogen-bond acceptors (Lipinski definition) is 3. The number of nitrogens with one attached hydrogen (secondary N) is 2. The summed E-state index contributed by atoms with van der Waals surface area (Å²) in [6.07, 6.45) is 5.57. The standard InChI is InChI=1S/C19H19FN2O3S/c20-15-7-1-6-14(11-15)19(23)22-26(24,25)21-18-16-8-2-4-12(16)10-13-5-3-9-17(13)18/h1,6-7,10-11,21H,2-5,8-9H2,(H,22,23). The van der Waals surface area contributed by atoms with E-state index in [9.17, 15) is 17.6 Å². The van der Waals surface area contributed by atoms with Gasteiger partial charge < -0.3 is 0 Å². The van der Waals surface area contributed by atoms with Gasteiger partial charge in [0.2, 0.25) is 0 Å². The molecule has 7 heteroatoms. The molecule has 0 bridgehead atoms. The van der Waals surface area contributed by atoms with E-state index in [2.05, 4.69) is 10.8 Å². The lowest BCUT2D eigenvalue weighted by atomic mass is 9.99. The van der Waals surface area contributed by atoms with Gasteiger partial charge in [0.25, 0.3) is 5.91 Å². The first kappa shape index (κ1) is 17.0. The molecule has 0 aromatic heterocycles. The number of fused-ring (bicyclic) bond motifs is 2. The first-order valence-electron chi connectivity index (χ1n) is 8.70. The minimum Gasteiger partial charge on any atom is -0.268 e. The van der Waals surface area contributed by atoms with Crippen molar-refractivity contribution in [1.82, 2.24) is 4.72 Å². The SMILES string of the molecule is O=C(NS(=O)(=O)Nc1c2c(cc3c1CCC3)CCC2)c1cccc(F)c1. The van der Waals surface area contributed by atoms with E-state index in [0.29, 0.717) is 5.69 Å². The average Bonchev–Trinajstić information content (AvgIpc) is 3.23. The zero-order valence-corrected chi connectivity index (χ0v) is 15.0. The molecule has 0 saturated carbocycles. The largest absolute Gasteiger partial charge is 0.323 e. The van der Waals surface area contributed by atoms with Crippen molar-refractivity contribution < 1.29 is 17.6 Å². The van der Waals surface area contributed by atoms with Gasteiger partial charge in [0.15, 0.2) is 0 Å². The molecule has 4 rings (SSSR count). The molecule has 0 radical (unpaired) electrons. The summed E-state index contributed by atoms with van der Waals surface area (Å²) in [5.74, 6) is -1.46. The number of benzene rings is 2. The van der Waals surface area contributed by atoms with Crippen molar-refractivity contribution >= 4 is 21.8 Å². The smallest absolute Gasteiger partial charge is 0.268 e. The third-order valence-corrected chi connectivity index (χ3v) is 5.95. The van der Waals surface area contributed by atoms with Gasteiger partial charge in [0, 0.05) is 5.56 Å². The summed E-state index contributed by atoms with van der Waals surface area (Å²) in [5, 5.41) is 0. The van der Waals surface area contributed by atoms with Crippen LogP contribution in [-0.4, -0.2) is 14.3 Å². The second-order valence-corrected chi connectivity index (χ2v) is 8.20. The van der Waals surface area contributed by atoms with E-state index in [1.807, 2.05) is 4.72 Å². The molecule has 2 N–H and O–H groups in total. The molecular formula is C19H19FN2O3S. The number of halogens is 1. The number of aryl methyl sites for hydroxylation is 2. The van der Waals surface area contributed by atoms with E-state index in [0.717, 1.165) is 55.7 Å². The van der Waals surface area contributed by atoms with Crippen LogP contribution in [0.25, 0.3) is 0 Å². The zero-order valence-electron chi connectivity index (χ0n) is 14.1. The first-order chi connectivity index (χ1) is 12.4. The third kappa shape index (κ3) is 3.19. The van der Waals surface area contributed by atoms with Gasteiger partial charge in [-0.05, 0) is 79.0 Å². The summed E-state index contributed by atoms with van der Waals surface area (Å²) < 4.78 is 42.9. The summed E-state index contributed by atoms with van der Waals surface area (Å²) >= 11 is 0. The van der Waals surface area contributed by atoms with E-state index in [-0.39, 0.29) is 5.56 Å². The van der Waals surface area contributed by atoms with Gasteiger partial charge in [-0.1, -0.05) is 12.1 Å². The van der Waals surface area contributed by atoms with Crippen molar-refractivity contribution in [1.29, 1.82) is 0 Å². The van der Waals surface area contributed by atoms with Crippen LogP contribution < -0.4 is 9.44 Å². The van der Waals surface area contributed by atoms with Gasteiger partial charge in [-0.15, -0.1) is 0 Å². The van der Waals surface area contributed by atoms with Crippen molar-refractivity contribution in [2.24, 2.45) is 0 Å². The number of carbonyl (C=O) groups excluding carboxylic acids is 1. The van der Waals surface area contributed by atoms with Gasteiger partial charge in [0.05, 0.1) is 5.69 Å². The van der Waals surface area contributed by atoms with E-state index in [1.165, 1.54) is 29.3 Å². The van der Waals surface area contributed by atoms with Crippen molar-refractivity contribution in [2.45, 2.75) is 38.5 Å². The summed E-state index contributed by atoms with van der Waals surface area (Å²) in [4.78, 5) is 12.2. The molecule has 1 amide bonds. The molecule has 0 spiro atoms. The second kappa shape index (κ2) is 6.39. The van der Waals surface area contributed by atoms with E-state index in [4.69, 9.17) is 0 Å². The molecule has 2 aromatic carbocycles. The van der Waals surface area contributed by atoms with E-state index < -0.39 is 21.9 Å². The van der Waals surface area contributed by atoms with E-state index >= 15 is 0 Å². The lowest BCUT2D eigenvalue weighted by molar-refractivity contribution is 0.0981. The Bertz CT molecular complexity index is 970. The first-order valence-corrected chi connectivity index (χ1v) is 10.2. The maximum atomic E-state index is 13.3. The second-order valence-electron chi connectivity index (χ2n) is 6.78. The normalized spacial score (nSPS) is 15.4. The highest BCUT2D eigenvalue weighted by molar-refractivity contribution is 7.91. The number of anilines is 1. The van der Waals surface area contributed by atoms with Crippen LogP contribution in [0.1, 0.15) is 45.5 Å². The molecular weight excluding hydrogens is 355 g/mol. The minimum absolute atomic E-state index is 0.0427. The van der Waals surface area contributed by atoms with Crippen molar-refractivity contribution in [3.63, 3.8) is 0 Å². The summed E-state index contributed by atoms with van der Waals surface area (Å²) in [5.41, 5.74) is 5.05. The summed E-state index contributed by atoms with van der Waals surface area (Å²) in [6.45, 7) is 0. The van der Waals surface area contributed by atoms with Gasteiger partial charge in [-0.3, -0.25) is 9.52 Å². The molecule has 0 atom stereocenters. The lowest BCUT2D eigenvalue weighted by Gasteiger charge is -2.17. The third-order valence-electron chi connectivity index (χ3n) is 5.02. The molecule has 2 aliphatic rings. The van der Waals surface area contributed by atoms with Crippen LogP contribution in [0, 0.1) is 5.82 Å². The van der Waals surface area contributed by atoms with Crippen molar-refractivity contribution in [2.75, 3.05) is 4.72 Å². The van der Waals surface area contributed by atoms with Gasteiger partial charge in [-0.2, -0.15) is 8.42 Å². The van der Waals surface area contributed by atoms with Crippen molar-refractivity contribution in [3.05, 3.63) is 64.0 Å². The molecule has 0 aliphatic heterocycles. The van der Waals surface area contributed by atoms with Crippen molar-refractivity contribution in [3.8, 4) is 0 Å². The Hall–Kier alpha value is -2.41. The predicted molar refractivity (Wildman–Crippen MR) is 96.9 cm³/mol. The molecule has 0 heterocycles. The minimum atomic E-state index is -4.11. The molecule has 2 aromatic rings. The molecule has 0 fully saturated rings. The fourth-order valence-corrected chi connectivity index (χ4v) is 4.84. The Kier molecular flexibility index (Phi) is 4.19. The van der Waals surface area contributed by atoms with Crippen LogP contribution in [0.2, 0.25) is 0 Å². The lowest BCUT2D eigenvalue weighted by Crippen LogP contribution is -2.36. The van der Waals surface area contributed by atoms with Crippen LogP contribution in [0.3, 0.4) is 0 Å². The molecule has 26 heavy (non-hydrogen) atoms. The Balaban J connectivity index is 1.62. The molecule has 5 nitrogen and oxygen atoms in total. The molecule has 0 unspecified atom stereocenters. The highest BCUT2D eigenvalue weighted by Crippen LogP contribution is 2.38. The quantitative estimate of drug-likeness (QED) is 0.864. The maximum Gasteiger partial charge on any atom is 0.323 e. The Morgan fingerprint density at radius 2 is 1.62 bits per heavy atom. The van der Waals surface area contributed by atoms with Gasteiger partial charge >= 0.3 is 10.2 Å². The summed E-state index contributed by atoms with van der Waals surface area (Å²) in [6, 6.07) is 7.13. The maximum absolute atomic E-state index is 13.3. The Morgan fingerprint density at radius 1 is 0.962 bits per heavy atom. The number of amides is 1. The fraction of sp³-hybridized carbons (Fsp3) is 0.316. The Morgan fingerprint density at radius 3 is 2.23 bits per heavy atom. The highest BCUT2D eigenvalue weighted by Gasteiger charge is 2.27. The molecule has 2 aliphatic carbocycles. The van der Waals surface area contributed by atoms with Crippen LogP contribution >= 0.6 is 0 Å². The Labute approximate surface area is 151 Å². The number of rotatable bonds is 4. The zero-order chi connectivity index (χ0) is 18.3. The average molecular weight is 374 g/mol. The molecule has 0 saturated heterocycles.